The molecule has 0 radical (unpaired) electrons. The molecular weight excluding hydrogens is 152 g/mol. The van der Waals surface area contributed by atoms with E-state index in [1.54, 1.807) is 10.9 Å². The summed E-state index contributed by atoms with van der Waals surface area (Å²) < 4.78 is 1.75. The summed E-state index contributed by atoms with van der Waals surface area (Å²) in [7, 11) is 1.87. The summed E-state index contributed by atoms with van der Waals surface area (Å²) in [6.45, 7) is 0.461. The normalized spacial score (nSPS) is 10.8. The lowest BCUT2D eigenvalue weighted by Crippen LogP contribution is -1.98. The summed E-state index contributed by atoms with van der Waals surface area (Å²) in [5, 5.41) is 5.28. The van der Waals surface area contributed by atoms with Gasteiger partial charge in [0.05, 0.1) is 5.69 Å². The smallest absolute Gasteiger partial charge is 0.157 e. The van der Waals surface area contributed by atoms with Gasteiger partial charge < -0.3 is 5.73 Å². The highest BCUT2D eigenvalue weighted by Gasteiger charge is 2.05. The second kappa shape index (κ2) is 2.57. The molecule has 2 rings (SSSR count). The summed E-state index contributed by atoms with van der Waals surface area (Å²) in [5.74, 6) is 0. The van der Waals surface area contributed by atoms with E-state index in [1.165, 1.54) is 0 Å². The summed E-state index contributed by atoms with van der Waals surface area (Å²) in [4.78, 5) is 4.19. The van der Waals surface area contributed by atoms with E-state index in [-0.39, 0.29) is 0 Å². The fourth-order valence-corrected chi connectivity index (χ4v) is 1.31. The number of pyridine rings is 1. The van der Waals surface area contributed by atoms with Crippen LogP contribution < -0.4 is 5.73 Å². The molecule has 4 nitrogen and oxygen atoms in total. The predicted octanol–water partition coefficient (Wildman–Crippen LogP) is 0.427. The molecule has 0 aliphatic carbocycles. The van der Waals surface area contributed by atoms with Crippen LogP contribution in [0, 0.1) is 0 Å². The van der Waals surface area contributed by atoms with Gasteiger partial charge in [-0.05, 0) is 12.1 Å². The number of nitrogens with zero attached hydrogens (tertiary/aromatic N) is 3. The molecule has 0 aliphatic rings. The van der Waals surface area contributed by atoms with Gasteiger partial charge in [0.1, 0.15) is 0 Å². The van der Waals surface area contributed by atoms with E-state index in [1.807, 2.05) is 19.2 Å². The van der Waals surface area contributed by atoms with Crippen LogP contribution in [0.2, 0.25) is 0 Å². The zero-order valence-corrected chi connectivity index (χ0v) is 6.86. The van der Waals surface area contributed by atoms with Gasteiger partial charge in [-0.15, -0.1) is 0 Å². The van der Waals surface area contributed by atoms with Gasteiger partial charge >= 0.3 is 0 Å². The monoisotopic (exact) mass is 162 g/mol. The van der Waals surface area contributed by atoms with E-state index in [0.717, 1.165) is 16.7 Å². The number of hydrogen-bond acceptors (Lipinski definition) is 3. The fraction of sp³-hybridized carbons (Fsp3) is 0.250. The number of aromatic nitrogens is 3. The first-order chi connectivity index (χ1) is 5.83. The lowest BCUT2D eigenvalue weighted by atomic mass is 10.3. The maximum Gasteiger partial charge on any atom is 0.157 e. The van der Waals surface area contributed by atoms with Crippen LogP contribution in [0.15, 0.2) is 18.3 Å². The molecule has 0 saturated heterocycles. The average Bonchev–Trinajstić information content (AvgIpc) is 2.44. The molecule has 0 spiro atoms. The van der Waals surface area contributed by atoms with Crippen molar-refractivity contribution in [3.8, 4) is 0 Å². The average molecular weight is 162 g/mol. The first kappa shape index (κ1) is 7.24. The van der Waals surface area contributed by atoms with Crippen molar-refractivity contribution in [3.63, 3.8) is 0 Å². The maximum absolute atomic E-state index is 5.53. The Kier molecular flexibility index (Phi) is 1.55. The molecule has 0 fully saturated rings. The van der Waals surface area contributed by atoms with Crippen molar-refractivity contribution >= 4 is 11.0 Å². The summed E-state index contributed by atoms with van der Waals surface area (Å²) in [6, 6.07) is 3.88. The lowest BCUT2D eigenvalue weighted by molar-refractivity contribution is 0.758. The zero-order valence-electron chi connectivity index (χ0n) is 6.86. The molecule has 2 heterocycles. The standard InChI is InChI=1S/C8H10N4/c1-12-8-6(3-2-4-10-8)7(5-9)11-12/h2-4H,5,9H2,1H3. The number of rotatable bonds is 1. The van der Waals surface area contributed by atoms with Crippen LogP contribution in [-0.2, 0) is 13.6 Å². The predicted molar refractivity (Wildman–Crippen MR) is 46.4 cm³/mol. The molecule has 0 amide bonds. The van der Waals surface area contributed by atoms with Crippen LogP contribution in [0.3, 0.4) is 0 Å². The van der Waals surface area contributed by atoms with Crippen LogP contribution in [0.1, 0.15) is 5.69 Å². The zero-order chi connectivity index (χ0) is 8.55. The first-order valence-electron chi connectivity index (χ1n) is 3.79. The molecule has 0 aliphatic heterocycles. The van der Waals surface area contributed by atoms with Crippen LogP contribution in [0.4, 0.5) is 0 Å². The fourth-order valence-electron chi connectivity index (χ4n) is 1.31. The molecule has 0 unspecified atom stereocenters. The molecule has 2 aromatic heterocycles. The topological polar surface area (TPSA) is 56.7 Å². The number of fused-ring (bicyclic) bond motifs is 1. The number of nitrogens with two attached hydrogens (primary N) is 1. The number of aryl methyl sites for hydroxylation is 1. The van der Waals surface area contributed by atoms with Gasteiger partial charge in [-0.2, -0.15) is 5.10 Å². The molecule has 0 saturated carbocycles. The highest BCUT2D eigenvalue weighted by Crippen LogP contribution is 2.13. The van der Waals surface area contributed by atoms with Gasteiger partial charge in [-0.3, -0.25) is 4.68 Å². The summed E-state index contributed by atoms with van der Waals surface area (Å²) in [5.41, 5.74) is 7.32. The number of hydrogen-bond donors (Lipinski definition) is 1. The molecule has 12 heavy (non-hydrogen) atoms. The molecule has 2 N–H and O–H groups in total. The van der Waals surface area contributed by atoms with Crippen LogP contribution >= 0.6 is 0 Å². The lowest BCUT2D eigenvalue weighted by Gasteiger charge is -1.89. The van der Waals surface area contributed by atoms with Crippen LogP contribution in [-0.4, -0.2) is 14.8 Å². The van der Waals surface area contributed by atoms with Gasteiger partial charge in [0.25, 0.3) is 0 Å². The van der Waals surface area contributed by atoms with E-state index >= 15 is 0 Å². The molecule has 2 aromatic rings. The molecule has 0 bridgehead atoms. The van der Waals surface area contributed by atoms with Crippen molar-refractivity contribution in [1.29, 1.82) is 0 Å². The van der Waals surface area contributed by atoms with Crippen LogP contribution in [0.25, 0.3) is 11.0 Å². The van der Waals surface area contributed by atoms with Gasteiger partial charge in [0.2, 0.25) is 0 Å². The molecule has 4 heteroatoms. The first-order valence-corrected chi connectivity index (χ1v) is 3.79. The Morgan fingerprint density at radius 2 is 2.42 bits per heavy atom. The van der Waals surface area contributed by atoms with Crippen molar-refractivity contribution in [2.45, 2.75) is 6.54 Å². The van der Waals surface area contributed by atoms with E-state index in [9.17, 15) is 0 Å². The van der Waals surface area contributed by atoms with E-state index in [0.29, 0.717) is 6.54 Å². The Morgan fingerprint density at radius 3 is 3.17 bits per heavy atom. The van der Waals surface area contributed by atoms with E-state index in [2.05, 4.69) is 10.1 Å². The van der Waals surface area contributed by atoms with Crippen LogP contribution in [0.5, 0.6) is 0 Å². The Bertz CT molecular complexity index is 404. The van der Waals surface area contributed by atoms with E-state index in [4.69, 9.17) is 5.73 Å². The minimum absolute atomic E-state index is 0.461. The molecule has 62 valence electrons. The van der Waals surface area contributed by atoms with Crippen molar-refractivity contribution in [1.82, 2.24) is 14.8 Å². The summed E-state index contributed by atoms with van der Waals surface area (Å²) >= 11 is 0. The van der Waals surface area contributed by atoms with Crippen molar-refractivity contribution < 1.29 is 0 Å². The summed E-state index contributed by atoms with van der Waals surface area (Å²) in [6.07, 6.45) is 1.75. The third kappa shape index (κ3) is 0.887. The Balaban J connectivity index is 2.82. The van der Waals surface area contributed by atoms with Gasteiger partial charge in [0, 0.05) is 25.2 Å². The van der Waals surface area contributed by atoms with Crippen molar-refractivity contribution in [3.05, 3.63) is 24.0 Å². The van der Waals surface area contributed by atoms with Gasteiger partial charge in [-0.1, -0.05) is 0 Å². The minimum atomic E-state index is 0.461. The second-order valence-electron chi connectivity index (χ2n) is 2.65. The quantitative estimate of drug-likeness (QED) is 0.661. The highest BCUT2D eigenvalue weighted by molar-refractivity contribution is 5.77. The third-order valence-electron chi connectivity index (χ3n) is 1.87. The Morgan fingerprint density at radius 1 is 1.58 bits per heavy atom. The van der Waals surface area contributed by atoms with Crippen molar-refractivity contribution in [2.75, 3.05) is 0 Å². The third-order valence-corrected chi connectivity index (χ3v) is 1.87. The van der Waals surface area contributed by atoms with Gasteiger partial charge in [0.15, 0.2) is 5.65 Å². The SMILES string of the molecule is Cn1nc(CN)c2cccnc21. The van der Waals surface area contributed by atoms with E-state index < -0.39 is 0 Å². The molecule has 0 atom stereocenters. The Hall–Kier alpha value is -1.42. The van der Waals surface area contributed by atoms with Crippen molar-refractivity contribution in [2.24, 2.45) is 12.8 Å². The highest BCUT2D eigenvalue weighted by atomic mass is 15.3. The molecule has 0 aromatic carbocycles. The largest absolute Gasteiger partial charge is 0.325 e. The molecular formula is C8H10N4. The Labute approximate surface area is 70.0 Å². The second-order valence-corrected chi connectivity index (χ2v) is 2.65. The minimum Gasteiger partial charge on any atom is -0.325 e. The maximum atomic E-state index is 5.53. The van der Waals surface area contributed by atoms with Gasteiger partial charge in [-0.25, -0.2) is 4.98 Å².